The SMILES string of the molecule is C=CCN(CC=C)C(=O)c1cc(C)nc(N2CCCCCC2)n1. The smallest absolute Gasteiger partial charge is 0.273 e. The van der Waals surface area contributed by atoms with Gasteiger partial charge in [0.1, 0.15) is 5.69 Å². The highest BCUT2D eigenvalue weighted by Gasteiger charge is 2.19. The molecule has 0 saturated carbocycles. The van der Waals surface area contributed by atoms with Gasteiger partial charge in [-0.15, -0.1) is 13.2 Å². The summed E-state index contributed by atoms with van der Waals surface area (Å²) in [5, 5.41) is 0. The van der Waals surface area contributed by atoms with Crippen LogP contribution in [0.15, 0.2) is 31.4 Å². The zero-order chi connectivity index (χ0) is 16.7. The molecular formula is C18H26N4O. The van der Waals surface area contributed by atoms with Gasteiger partial charge in [-0.05, 0) is 25.8 Å². The molecule has 1 aliphatic heterocycles. The van der Waals surface area contributed by atoms with Crippen LogP contribution in [0.2, 0.25) is 0 Å². The van der Waals surface area contributed by atoms with Crippen molar-refractivity contribution in [2.24, 2.45) is 0 Å². The summed E-state index contributed by atoms with van der Waals surface area (Å²) in [7, 11) is 0. The van der Waals surface area contributed by atoms with E-state index in [4.69, 9.17) is 0 Å². The zero-order valence-corrected chi connectivity index (χ0v) is 14.0. The molecule has 0 spiro atoms. The van der Waals surface area contributed by atoms with Crippen LogP contribution in [-0.4, -0.2) is 47.0 Å². The largest absolute Gasteiger partial charge is 0.341 e. The molecular weight excluding hydrogens is 288 g/mol. The molecule has 0 bridgehead atoms. The summed E-state index contributed by atoms with van der Waals surface area (Å²) < 4.78 is 0. The Morgan fingerprint density at radius 1 is 1.17 bits per heavy atom. The Morgan fingerprint density at radius 3 is 2.35 bits per heavy atom. The van der Waals surface area contributed by atoms with Crippen LogP contribution in [-0.2, 0) is 0 Å². The Morgan fingerprint density at radius 2 is 1.78 bits per heavy atom. The summed E-state index contributed by atoms with van der Waals surface area (Å²) in [6, 6.07) is 1.75. The highest BCUT2D eigenvalue weighted by atomic mass is 16.2. The number of carbonyl (C=O) groups excluding carboxylic acids is 1. The van der Waals surface area contributed by atoms with Crippen LogP contribution in [0.1, 0.15) is 41.9 Å². The number of aromatic nitrogens is 2. The van der Waals surface area contributed by atoms with E-state index in [1.54, 1.807) is 23.1 Å². The van der Waals surface area contributed by atoms with Crippen molar-refractivity contribution < 1.29 is 4.79 Å². The number of anilines is 1. The van der Waals surface area contributed by atoms with Crippen molar-refractivity contribution in [2.75, 3.05) is 31.1 Å². The molecule has 0 radical (unpaired) electrons. The molecule has 0 N–H and O–H groups in total. The molecule has 5 heteroatoms. The molecule has 1 aromatic heterocycles. The topological polar surface area (TPSA) is 49.3 Å². The lowest BCUT2D eigenvalue weighted by atomic mass is 10.2. The molecule has 1 fully saturated rings. The fourth-order valence-corrected chi connectivity index (χ4v) is 2.79. The van der Waals surface area contributed by atoms with Crippen molar-refractivity contribution >= 4 is 11.9 Å². The molecule has 2 heterocycles. The van der Waals surface area contributed by atoms with Crippen LogP contribution in [0.3, 0.4) is 0 Å². The van der Waals surface area contributed by atoms with E-state index in [9.17, 15) is 4.79 Å². The second-order valence-corrected chi connectivity index (χ2v) is 5.88. The number of amides is 1. The molecule has 2 rings (SSSR count). The fourth-order valence-electron chi connectivity index (χ4n) is 2.79. The molecule has 0 unspecified atom stereocenters. The summed E-state index contributed by atoms with van der Waals surface area (Å²) in [6.45, 7) is 12.2. The molecule has 0 aromatic carbocycles. The third-order valence-electron chi connectivity index (χ3n) is 3.94. The number of nitrogens with zero attached hydrogens (tertiary/aromatic N) is 4. The molecule has 0 aliphatic carbocycles. The lowest BCUT2D eigenvalue weighted by Crippen LogP contribution is -2.33. The van der Waals surface area contributed by atoms with Crippen LogP contribution in [0.5, 0.6) is 0 Å². The third kappa shape index (κ3) is 4.65. The maximum Gasteiger partial charge on any atom is 0.273 e. The van der Waals surface area contributed by atoms with Gasteiger partial charge in [0.05, 0.1) is 0 Å². The van der Waals surface area contributed by atoms with Crippen LogP contribution in [0.25, 0.3) is 0 Å². The average Bonchev–Trinajstić information content (AvgIpc) is 2.82. The number of carbonyl (C=O) groups is 1. The Balaban J connectivity index is 2.26. The minimum atomic E-state index is -0.105. The van der Waals surface area contributed by atoms with Gasteiger partial charge in [-0.3, -0.25) is 4.79 Å². The van der Waals surface area contributed by atoms with E-state index < -0.39 is 0 Å². The predicted octanol–water partition coefficient (Wildman–Crippen LogP) is 2.98. The van der Waals surface area contributed by atoms with Gasteiger partial charge < -0.3 is 9.80 Å². The Labute approximate surface area is 138 Å². The van der Waals surface area contributed by atoms with Gasteiger partial charge in [0.25, 0.3) is 5.91 Å². The normalized spacial score (nSPS) is 14.9. The van der Waals surface area contributed by atoms with Crippen molar-refractivity contribution in [1.29, 1.82) is 0 Å². The number of hydrogen-bond donors (Lipinski definition) is 0. The minimum absolute atomic E-state index is 0.105. The van der Waals surface area contributed by atoms with Crippen molar-refractivity contribution in [2.45, 2.75) is 32.6 Å². The van der Waals surface area contributed by atoms with Crippen LogP contribution < -0.4 is 4.90 Å². The third-order valence-corrected chi connectivity index (χ3v) is 3.94. The van der Waals surface area contributed by atoms with E-state index in [2.05, 4.69) is 28.0 Å². The van der Waals surface area contributed by atoms with Gasteiger partial charge in [0.15, 0.2) is 0 Å². The van der Waals surface area contributed by atoms with E-state index in [1.807, 2.05) is 6.92 Å². The van der Waals surface area contributed by atoms with Crippen LogP contribution in [0.4, 0.5) is 5.95 Å². The Bertz CT molecular complexity index is 552. The second kappa shape index (κ2) is 8.46. The first-order valence-corrected chi connectivity index (χ1v) is 8.27. The lowest BCUT2D eigenvalue weighted by molar-refractivity contribution is 0.0785. The Kier molecular flexibility index (Phi) is 6.32. The molecule has 0 atom stereocenters. The van der Waals surface area contributed by atoms with E-state index in [1.165, 1.54) is 12.8 Å². The summed E-state index contributed by atoms with van der Waals surface area (Å²) in [5.74, 6) is 0.568. The highest BCUT2D eigenvalue weighted by molar-refractivity contribution is 5.92. The standard InChI is InChI=1S/C18H26N4O/c1-4-10-21(11-5-2)17(23)16-14-15(3)19-18(20-16)22-12-8-6-7-9-13-22/h4-5,14H,1-2,6-13H2,3H3. The van der Waals surface area contributed by atoms with E-state index >= 15 is 0 Å². The maximum atomic E-state index is 12.7. The van der Waals surface area contributed by atoms with Gasteiger partial charge in [-0.1, -0.05) is 25.0 Å². The van der Waals surface area contributed by atoms with Gasteiger partial charge in [-0.25, -0.2) is 9.97 Å². The van der Waals surface area contributed by atoms with Crippen LogP contribution >= 0.6 is 0 Å². The lowest BCUT2D eigenvalue weighted by Gasteiger charge is -2.23. The quantitative estimate of drug-likeness (QED) is 0.758. The summed E-state index contributed by atoms with van der Waals surface area (Å²) in [6.07, 6.45) is 8.23. The maximum absolute atomic E-state index is 12.7. The molecule has 1 aromatic rings. The van der Waals surface area contributed by atoms with Gasteiger partial charge >= 0.3 is 0 Å². The van der Waals surface area contributed by atoms with Crippen molar-refractivity contribution in [3.8, 4) is 0 Å². The second-order valence-electron chi connectivity index (χ2n) is 5.88. The van der Waals surface area contributed by atoms with E-state index in [-0.39, 0.29) is 5.91 Å². The molecule has 5 nitrogen and oxygen atoms in total. The highest BCUT2D eigenvalue weighted by Crippen LogP contribution is 2.17. The number of aryl methyl sites for hydroxylation is 1. The molecule has 1 saturated heterocycles. The predicted molar refractivity (Wildman–Crippen MR) is 93.7 cm³/mol. The van der Waals surface area contributed by atoms with Crippen molar-refractivity contribution in [1.82, 2.24) is 14.9 Å². The zero-order valence-electron chi connectivity index (χ0n) is 14.0. The molecule has 23 heavy (non-hydrogen) atoms. The van der Waals surface area contributed by atoms with Crippen molar-refractivity contribution in [3.05, 3.63) is 42.8 Å². The summed E-state index contributed by atoms with van der Waals surface area (Å²) in [4.78, 5) is 25.6. The molecule has 1 amide bonds. The van der Waals surface area contributed by atoms with E-state index in [0.717, 1.165) is 31.6 Å². The molecule has 124 valence electrons. The molecule has 1 aliphatic rings. The average molecular weight is 314 g/mol. The monoisotopic (exact) mass is 314 g/mol. The van der Waals surface area contributed by atoms with Gasteiger partial charge in [-0.2, -0.15) is 0 Å². The number of hydrogen-bond acceptors (Lipinski definition) is 4. The van der Waals surface area contributed by atoms with Crippen LogP contribution in [0, 0.1) is 6.92 Å². The minimum Gasteiger partial charge on any atom is -0.341 e. The first kappa shape index (κ1) is 17.2. The summed E-state index contributed by atoms with van der Waals surface area (Å²) >= 11 is 0. The number of rotatable bonds is 6. The van der Waals surface area contributed by atoms with Gasteiger partial charge in [0, 0.05) is 31.9 Å². The Hall–Kier alpha value is -2.17. The van der Waals surface area contributed by atoms with Crippen molar-refractivity contribution in [3.63, 3.8) is 0 Å². The first-order chi connectivity index (χ1) is 11.2. The van der Waals surface area contributed by atoms with E-state index in [0.29, 0.717) is 24.7 Å². The first-order valence-electron chi connectivity index (χ1n) is 8.27. The van der Waals surface area contributed by atoms with Gasteiger partial charge in [0.2, 0.25) is 5.95 Å². The fraction of sp³-hybridized carbons (Fsp3) is 0.500. The summed E-state index contributed by atoms with van der Waals surface area (Å²) in [5.41, 5.74) is 1.26.